The van der Waals surface area contributed by atoms with E-state index >= 15 is 0 Å². The Hall–Kier alpha value is -2.59. The van der Waals surface area contributed by atoms with E-state index in [1.165, 1.54) is 0 Å². The second kappa shape index (κ2) is 8.89. The van der Waals surface area contributed by atoms with E-state index in [0.717, 1.165) is 16.9 Å². The number of para-hydroxylation sites is 1. The molecule has 0 aromatic heterocycles. The molecule has 24 heavy (non-hydrogen) atoms. The number of benzene rings is 2. The van der Waals surface area contributed by atoms with Crippen molar-refractivity contribution in [3.05, 3.63) is 78.4 Å². The van der Waals surface area contributed by atoms with Gasteiger partial charge in [-0.15, -0.1) is 0 Å². The van der Waals surface area contributed by atoms with Gasteiger partial charge in [-0.25, -0.2) is 0 Å². The molecule has 0 radical (unpaired) electrons. The van der Waals surface area contributed by atoms with Crippen LogP contribution in [0.5, 0.6) is 5.75 Å². The average molecular weight is 324 g/mol. The Morgan fingerprint density at radius 3 is 2.58 bits per heavy atom. The monoisotopic (exact) mass is 324 g/mol. The SMILES string of the molecule is C=CCOc1ccccc1CNC(=O)C(C)C(N)c1ccccc1. The van der Waals surface area contributed by atoms with Crippen LogP contribution in [0.15, 0.2) is 67.3 Å². The fourth-order valence-electron chi connectivity index (χ4n) is 2.41. The molecule has 4 heteroatoms. The lowest BCUT2D eigenvalue weighted by Crippen LogP contribution is -2.35. The molecule has 2 atom stereocenters. The molecule has 0 saturated heterocycles. The molecule has 0 aliphatic carbocycles. The Kier molecular flexibility index (Phi) is 6.58. The molecule has 4 nitrogen and oxygen atoms in total. The summed E-state index contributed by atoms with van der Waals surface area (Å²) in [5.41, 5.74) is 8.09. The number of nitrogens with two attached hydrogens (primary N) is 1. The summed E-state index contributed by atoms with van der Waals surface area (Å²) < 4.78 is 5.60. The van der Waals surface area contributed by atoms with Crippen LogP contribution >= 0.6 is 0 Å². The van der Waals surface area contributed by atoms with Crippen LogP contribution in [0.2, 0.25) is 0 Å². The van der Waals surface area contributed by atoms with Gasteiger partial charge in [0.25, 0.3) is 0 Å². The Morgan fingerprint density at radius 1 is 1.21 bits per heavy atom. The van der Waals surface area contributed by atoms with Gasteiger partial charge >= 0.3 is 0 Å². The van der Waals surface area contributed by atoms with Crippen LogP contribution in [-0.2, 0) is 11.3 Å². The molecule has 126 valence electrons. The maximum atomic E-state index is 12.4. The highest BCUT2D eigenvalue weighted by atomic mass is 16.5. The van der Waals surface area contributed by atoms with Gasteiger partial charge in [-0.05, 0) is 11.6 Å². The van der Waals surface area contributed by atoms with Gasteiger partial charge in [0, 0.05) is 18.2 Å². The largest absolute Gasteiger partial charge is 0.489 e. The van der Waals surface area contributed by atoms with Gasteiger partial charge in [-0.3, -0.25) is 4.79 Å². The predicted octanol–water partition coefficient (Wildman–Crippen LogP) is 3.20. The first-order chi connectivity index (χ1) is 11.6. The van der Waals surface area contributed by atoms with Crippen molar-refractivity contribution in [2.24, 2.45) is 11.7 Å². The zero-order valence-corrected chi connectivity index (χ0v) is 13.9. The minimum atomic E-state index is -0.335. The van der Waals surface area contributed by atoms with Crippen LogP contribution in [0, 0.1) is 5.92 Å². The van der Waals surface area contributed by atoms with Crippen LogP contribution in [-0.4, -0.2) is 12.5 Å². The second-order valence-corrected chi connectivity index (χ2v) is 5.65. The Labute approximate surface area is 143 Å². The number of hydrogen-bond donors (Lipinski definition) is 2. The van der Waals surface area contributed by atoms with Crippen molar-refractivity contribution >= 4 is 5.91 Å². The summed E-state index contributed by atoms with van der Waals surface area (Å²) in [5.74, 6) is 0.344. The lowest BCUT2D eigenvalue weighted by Gasteiger charge is -2.20. The molecule has 0 saturated carbocycles. The van der Waals surface area contributed by atoms with Crippen LogP contribution < -0.4 is 15.8 Å². The minimum absolute atomic E-state index is 0.0788. The van der Waals surface area contributed by atoms with E-state index < -0.39 is 0 Å². The average Bonchev–Trinajstić information content (AvgIpc) is 2.64. The van der Waals surface area contributed by atoms with E-state index in [2.05, 4.69) is 11.9 Å². The van der Waals surface area contributed by atoms with E-state index in [9.17, 15) is 4.79 Å². The standard InChI is InChI=1S/C20H24N2O2/c1-3-13-24-18-12-8-7-11-17(18)14-22-20(23)15(2)19(21)16-9-5-4-6-10-16/h3-12,15,19H,1,13-14,21H2,2H3,(H,22,23). The van der Waals surface area contributed by atoms with Crippen LogP contribution in [0.3, 0.4) is 0 Å². The molecule has 2 aromatic carbocycles. The molecule has 0 spiro atoms. The van der Waals surface area contributed by atoms with Gasteiger partial charge in [0.15, 0.2) is 0 Å². The van der Waals surface area contributed by atoms with Crippen LogP contribution in [0.1, 0.15) is 24.1 Å². The fraction of sp³-hybridized carbons (Fsp3) is 0.250. The molecule has 1 amide bonds. The van der Waals surface area contributed by atoms with Crippen molar-refractivity contribution in [3.63, 3.8) is 0 Å². The summed E-state index contributed by atoms with van der Waals surface area (Å²) >= 11 is 0. The maximum absolute atomic E-state index is 12.4. The number of hydrogen-bond acceptors (Lipinski definition) is 3. The number of carbonyl (C=O) groups is 1. The number of ether oxygens (including phenoxy) is 1. The maximum Gasteiger partial charge on any atom is 0.225 e. The summed E-state index contributed by atoms with van der Waals surface area (Å²) in [4.78, 5) is 12.4. The van der Waals surface area contributed by atoms with Crippen molar-refractivity contribution in [1.29, 1.82) is 0 Å². The van der Waals surface area contributed by atoms with E-state index in [0.29, 0.717) is 13.2 Å². The van der Waals surface area contributed by atoms with Crippen molar-refractivity contribution in [2.45, 2.75) is 19.5 Å². The smallest absolute Gasteiger partial charge is 0.225 e. The molecule has 2 unspecified atom stereocenters. The van der Waals surface area contributed by atoms with Crippen molar-refractivity contribution < 1.29 is 9.53 Å². The number of carbonyl (C=O) groups excluding carboxylic acids is 1. The molecule has 2 aromatic rings. The number of nitrogens with one attached hydrogen (secondary N) is 1. The molecular weight excluding hydrogens is 300 g/mol. The topological polar surface area (TPSA) is 64.3 Å². The first kappa shape index (κ1) is 17.8. The lowest BCUT2D eigenvalue weighted by atomic mass is 9.94. The quantitative estimate of drug-likeness (QED) is 0.733. The lowest BCUT2D eigenvalue weighted by molar-refractivity contribution is -0.125. The van der Waals surface area contributed by atoms with Gasteiger partial charge in [0.1, 0.15) is 12.4 Å². The Bertz CT molecular complexity index is 670. The summed E-state index contributed by atoms with van der Waals surface area (Å²) in [6.45, 7) is 6.31. The summed E-state index contributed by atoms with van der Waals surface area (Å²) in [6, 6.07) is 16.9. The number of amides is 1. The van der Waals surface area contributed by atoms with E-state index in [-0.39, 0.29) is 17.9 Å². The van der Waals surface area contributed by atoms with Crippen molar-refractivity contribution in [1.82, 2.24) is 5.32 Å². The third kappa shape index (κ3) is 4.70. The summed E-state index contributed by atoms with van der Waals surface area (Å²) in [7, 11) is 0. The van der Waals surface area contributed by atoms with Crippen molar-refractivity contribution in [2.75, 3.05) is 6.61 Å². The van der Waals surface area contributed by atoms with Gasteiger partial charge in [-0.2, -0.15) is 0 Å². The van der Waals surface area contributed by atoms with Gasteiger partial charge < -0.3 is 15.8 Å². The second-order valence-electron chi connectivity index (χ2n) is 5.65. The van der Waals surface area contributed by atoms with Crippen LogP contribution in [0.25, 0.3) is 0 Å². The molecule has 3 N–H and O–H groups in total. The van der Waals surface area contributed by atoms with Gasteiger partial charge in [0.2, 0.25) is 5.91 Å². The van der Waals surface area contributed by atoms with E-state index in [1.54, 1.807) is 6.08 Å². The highest BCUT2D eigenvalue weighted by molar-refractivity contribution is 5.79. The van der Waals surface area contributed by atoms with Gasteiger partial charge in [-0.1, -0.05) is 68.1 Å². The molecule has 0 bridgehead atoms. The minimum Gasteiger partial charge on any atom is -0.489 e. The van der Waals surface area contributed by atoms with E-state index in [4.69, 9.17) is 10.5 Å². The fourth-order valence-corrected chi connectivity index (χ4v) is 2.41. The van der Waals surface area contributed by atoms with Crippen molar-refractivity contribution in [3.8, 4) is 5.75 Å². The third-order valence-electron chi connectivity index (χ3n) is 3.92. The summed E-state index contributed by atoms with van der Waals surface area (Å²) in [5, 5.41) is 2.94. The third-order valence-corrected chi connectivity index (χ3v) is 3.92. The molecule has 2 rings (SSSR count). The number of rotatable bonds is 8. The molecular formula is C20H24N2O2. The van der Waals surface area contributed by atoms with E-state index in [1.807, 2.05) is 61.5 Å². The molecule has 0 aliphatic heterocycles. The molecule has 0 heterocycles. The first-order valence-corrected chi connectivity index (χ1v) is 8.03. The Balaban J connectivity index is 1.96. The summed E-state index contributed by atoms with van der Waals surface area (Å²) in [6.07, 6.45) is 1.69. The zero-order chi connectivity index (χ0) is 17.4. The highest BCUT2D eigenvalue weighted by Crippen LogP contribution is 2.21. The molecule has 0 aliphatic rings. The normalized spacial score (nSPS) is 12.9. The predicted molar refractivity (Wildman–Crippen MR) is 96.5 cm³/mol. The van der Waals surface area contributed by atoms with Crippen LogP contribution in [0.4, 0.5) is 0 Å². The Morgan fingerprint density at radius 2 is 1.88 bits per heavy atom. The first-order valence-electron chi connectivity index (χ1n) is 8.03. The highest BCUT2D eigenvalue weighted by Gasteiger charge is 2.22. The zero-order valence-electron chi connectivity index (χ0n) is 13.9. The van der Waals surface area contributed by atoms with Gasteiger partial charge in [0.05, 0.1) is 5.92 Å². The molecule has 0 fully saturated rings.